The van der Waals surface area contributed by atoms with Gasteiger partial charge in [0.25, 0.3) is 5.91 Å². The third-order valence-electron chi connectivity index (χ3n) is 6.73. The molecule has 2 bridgehead atoms. The van der Waals surface area contributed by atoms with Crippen LogP contribution in [0.4, 0.5) is 4.39 Å². The summed E-state index contributed by atoms with van der Waals surface area (Å²) in [4.78, 5) is 14.3. The molecular weight excluding hydrogens is 395 g/mol. The van der Waals surface area contributed by atoms with Crippen LogP contribution in [0.25, 0.3) is 0 Å². The smallest absolute Gasteiger partial charge is 0.258 e. The maximum atomic E-state index is 13.5. The second-order valence-electron chi connectivity index (χ2n) is 8.99. The molecule has 1 heterocycles. The third kappa shape index (κ3) is 3.50. The van der Waals surface area contributed by atoms with Crippen molar-refractivity contribution in [3.63, 3.8) is 0 Å². The average Bonchev–Trinajstić information content (AvgIpc) is 3.32. The van der Waals surface area contributed by atoms with Crippen LogP contribution in [-0.2, 0) is 4.79 Å². The van der Waals surface area contributed by atoms with E-state index in [0.29, 0.717) is 17.9 Å². The summed E-state index contributed by atoms with van der Waals surface area (Å²) in [7, 11) is 0. The molecule has 1 amide bonds. The topological polar surface area (TPSA) is 69.0 Å². The number of benzene rings is 1. The van der Waals surface area contributed by atoms with Gasteiger partial charge in [0.2, 0.25) is 0 Å². The molecule has 6 nitrogen and oxygen atoms in total. The highest BCUT2D eigenvalue weighted by atomic mass is 35.5. The van der Waals surface area contributed by atoms with E-state index < -0.39 is 5.82 Å². The van der Waals surface area contributed by atoms with Gasteiger partial charge >= 0.3 is 0 Å². The highest BCUT2D eigenvalue weighted by Gasteiger charge is 2.57. The zero-order valence-corrected chi connectivity index (χ0v) is 17.0. The fourth-order valence-corrected chi connectivity index (χ4v) is 5.33. The summed E-state index contributed by atoms with van der Waals surface area (Å²) < 4.78 is 18.9. The van der Waals surface area contributed by atoms with E-state index in [-0.39, 0.29) is 28.8 Å². The standard InChI is InChI=1S/C21H24ClFN4O2/c1-12-4-14(5-12)27-24-10-19(26-27)16-9-21(7-13(16)8-21)25-20(28)11-29-15-2-3-17(22)18(23)6-15/h2-3,6,10,12-14,16H,4-5,7-9,11H2,1H3,(H,25,28)/t12?,13?,14?,16-,21?/m0/s1. The van der Waals surface area contributed by atoms with Crippen molar-refractivity contribution in [2.75, 3.05) is 6.61 Å². The quantitative estimate of drug-likeness (QED) is 0.773. The number of amides is 1. The summed E-state index contributed by atoms with van der Waals surface area (Å²) >= 11 is 5.66. The largest absolute Gasteiger partial charge is 0.484 e. The Hall–Kier alpha value is -2.15. The Kier molecular flexibility index (Phi) is 4.53. The number of nitrogens with one attached hydrogen (secondary N) is 1. The number of aromatic nitrogens is 3. The van der Waals surface area contributed by atoms with E-state index in [9.17, 15) is 9.18 Å². The molecule has 1 N–H and O–H groups in total. The fourth-order valence-electron chi connectivity index (χ4n) is 5.21. The molecule has 1 atom stereocenters. The summed E-state index contributed by atoms with van der Waals surface area (Å²) in [5.74, 6) is 1.20. The van der Waals surface area contributed by atoms with Gasteiger partial charge in [-0.15, -0.1) is 0 Å². The zero-order valence-electron chi connectivity index (χ0n) is 16.3. The molecule has 2 aromatic rings. The highest BCUT2D eigenvalue weighted by molar-refractivity contribution is 6.30. The Morgan fingerprint density at radius 2 is 2.17 bits per heavy atom. The number of hydrogen-bond donors (Lipinski definition) is 1. The molecule has 154 valence electrons. The summed E-state index contributed by atoms with van der Waals surface area (Å²) in [5.41, 5.74) is 0.881. The maximum Gasteiger partial charge on any atom is 0.258 e. The Balaban J connectivity index is 1.15. The summed E-state index contributed by atoms with van der Waals surface area (Å²) in [6.45, 7) is 2.11. The van der Waals surface area contributed by atoms with Gasteiger partial charge in [-0.05, 0) is 56.1 Å². The number of hydrogen-bond acceptors (Lipinski definition) is 4. The first-order chi connectivity index (χ1) is 13.9. The van der Waals surface area contributed by atoms with Crippen LogP contribution in [0, 0.1) is 17.7 Å². The van der Waals surface area contributed by atoms with Gasteiger partial charge in [0.05, 0.1) is 23.0 Å². The molecule has 29 heavy (non-hydrogen) atoms. The molecule has 4 aliphatic carbocycles. The van der Waals surface area contributed by atoms with E-state index in [1.165, 1.54) is 12.1 Å². The van der Waals surface area contributed by atoms with Gasteiger partial charge in [-0.25, -0.2) is 4.39 Å². The molecule has 1 aromatic heterocycles. The van der Waals surface area contributed by atoms with Crippen LogP contribution in [0.1, 0.15) is 56.7 Å². The first kappa shape index (κ1) is 18.9. The van der Waals surface area contributed by atoms with Crippen molar-refractivity contribution < 1.29 is 13.9 Å². The molecule has 1 aromatic carbocycles. The number of nitrogens with zero attached hydrogens (tertiary/aromatic N) is 3. The minimum Gasteiger partial charge on any atom is -0.484 e. The predicted molar refractivity (Wildman–Crippen MR) is 105 cm³/mol. The maximum absolute atomic E-state index is 13.5. The van der Waals surface area contributed by atoms with Gasteiger partial charge in [0.1, 0.15) is 11.6 Å². The molecule has 4 fully saturated rings. The van der Waals surface area contributed by atoms with Crippen LogP contribution in [0.5, 0.6) is 5.75 Å². The number of halogens is 2. The molecule has 0 aliphatic heterocycles. The predicted octanol–water partition coefficient (Wildman–Crippen LogP) is 3.87. The summed E-state index contributed by atoms with van der Waals surface area (Å²) in [5, 5.41) is 12.4. The highest BCUT2D eigenvalue weighted by Crippen LogP contribution is 2.59. The van der Waals surface area contributed by atoms with Crippen LogP contribution in [0.2, 0.25) is 5.02 Å². The zero-order chi connectivity index (χ0) is 20.2. The fraction of sp³-hybridized carbons (Fsp3) is 0.571. The first-order valence-corrected chi connectivity index (χ1v) is 10.6. The van der Waals surface area contributed by atoms with Gasteiger partial charge in [0, 0.05) is 17.5 Å². The molecule has 0 unspecified atom stereocenters. The molecule has 0 radical (unpaired) electrons. The molecule has 0 spiro atoms. The van der Waals surface area contributed by atoms with Gasteiger partial charge < -0.3 is 10.1 Å². The molecule has 6 rings (SSSR count). The summed E-state index contributed by atoms with van der Waals surface area (Å²) in [6.07, 6.45) is 7.03. The second-order valence-corrected chi connectivity index (χ2v) is 9.40. The monoisotopic (exact) mass is 418 g/mol. The van der Waals surface area contributed by atoms with E-state index in [1.807, 2.05) is 11.0 Å². The third-order valence-corrected chi connectivity index (χ3v) is 7.04. The minimum atomic E-state index is -0.562. The molecule has 8 heteroatoms. The minimum absolute atomic E-state index is 0.0296. The number of fused-ring (bicyclic) bond motifs is 1. The van der Waals surface area contributed by atoms with Gasteiger partial charge in [-0.1, -0.05) is 18.5 Å². The van der Waals surface area contributed by atoms with E-state index >= 15 is 0 Å². The number of rotatable bonds is 6. The van der Waals surface area contributed by atoms with Crippen molar-refractivity contribution >= 4 is 17.5 Å². The van der Waals surface area contributed by atoms with E-state index in [1.54, 1.807) is 6.07 Å². The van der Waals surface area contributed by atoms with E-state index in [2.05, 4.69) is 17.3 Å². The Morgan fingerprint density at radius 1 is 1.38 bits per heavy atom. The SMILES string of the molecule is CC1CC(n2ncc([C@H]3CC4(NC(=O)COc5ccc(Cl)c(F)c5)CC3C4)n2)C1. The lowest BCUT2D eigenvalue weighted by atomic mass is 9.76. The Morgan fingerprint density at radius 3 is 2.90 bits per heavy atom. The molecule has 4 saturated carbocycles. The van der Waals surface area contributed by atoms with Crippen molar-refractivity contribution in [1.29, 1.82) is 0 Å². The van der Waals surface area contributed by atoms with Crippen molar-refractivity contribution in [2.24, 2.45) is 11.8 Å². The number of carbonyl (C=O) groups is 1. The number of ether oxygens (including phenoxy) is 1. The van der Waals surface area contributed by atoms with Crippen molar-refractivity contribution in [3.05, 3.63) is 40.9 Å². The average molecular weight is 419 g/mol. The lowest BCUT2D eigenvalue weighted by Crippen LogP contribution is -2.53. The second kappa shape index (κ2) is 6.97. The van der Waals surface area contributed by atoms with Crippen LogP contribution in [0.15, 0.2) is 24.4 Å². The lowest BCUT2D eigenvalue weighted by molar-refractivity contribution is -0.125. The summed E-state index contributed by atoms with van der Waals surface area (Å²) in [6, 6.07) is 4.59. The van der Waals surface area contributed by atoms with Crippen LogP contribution in [0.3, 0.4) is 0 Å². The van der Waals surface area contributed by atoms with E-state index in [4.69, 9.17) is 21.4 Å². The molecular formula is C21H24ClFN4O2. The van der Waals surface area contributed by atoms with Gasteiger partial charge in [-0.3, -0.25) is 4.79 Å². The van der Waals surface area contributed by atoms with Crippen LogP contribution in [-0.4, -0.2) is 33.0 Å². The van der Waals surface area contributed by atoms with Crippen molar-refractivity contribution in [1.82, 2.24) is 20.3 Å². The van der Waals surface area contributed by atoms with E-state index in [0.717, 1.165) is 43.7 Å². The van der Waals surface area contributed by atoms with Gasteiger partial charge in [-0.2, -0.15) is 15.0 Å². The van der Waals surface area contributed by atoms with Gasteiger partial charge in [0.15, 0.2) is 6.61 Å². The Labute approximate surface area is 173 Å². The van der Waals surface area contributed by atoms with Crippen molar-refractivity contribution in [2.45, 2.75) is 56.5 Å². The number of carbonyl (C=O) groups excluding carboxylic acids is 1. The lowest BCUT2D eigenvalue weighted by Gasteiger charge is -2.39. The van der Waals surface area contributed by atoms with Crippen molar-refractivity contribution in [3.8, 4) is 5.75 Å². The first-order valence-electron chi connectivity index (χ1n) is 10.2. The van der Waals surface area contributed by atoms with Crippen LogP contribution < -0.4 is 10.1 Å². The molecule has 0 saturated heterocycles. The van der Waals surface area contributed by atoms with Crippen LogP contribution >= 0.6 is 11.6 Å². The molecule has 4 aliphatic rings. The Bertz CT molecular complexity index is 937. The normalized spacial score (nSPS) is 32.4.